The van der Waals surface area contributed by atoms with Gasteiger partial charge in [0.15, 0.2) is 5.82 Å². The van der Waals surface area contributed by atoms with E-state index in [1.807, 2.05) is 17.0 Å². The second-order valence-electron chi connectivity index (χ2n) is 6.25. The van der Waals surface area contributed by atoms with Gasteiger partial charge in [-0.05, 0) is 31.5 Å². The van der Waals surface area contributed by atoms with Crippen LogP contribution >= 0.6 is 11.3 Å². The molecule has 2 aromatic heterocycles. The quantitative estimate of drug-likeness (QED) is 0.715. The molecule has 1 saturated heterocycles. The number of hydrogen-bond acceptors (Lipinski definition) is 7. The van der Waals surface area contributed by atoms with Crippen molar-refractivity contribution in [2.24, 2.45) is 10.7 Å². The maximum Gasteiger partial charge on any atom is 0.273 e. The number of pyridine rings is 1. The SMILES string of the molecule is CCCN(C(=O)c1csc(C(/C=N/c2ccccn2)=C/N)n1)[C@H]1CCNC1. The molecule has 0 spiro atoms. The molecule has 1 amide bonds. The van der Waals surface area contributed by atoms with Crippen LogP contribution in [0.1, 0.15) is 35.3 Å². The van der Waals surface area contributed by atoms with Gasteiger partial charge >= 0.3 is 0 Å². The van der Waals surface area contributed by atoms with Crippen LogP contribution in [0.2, 0.25) is 0 Å². The summed E-state index contributed by atoms with van der Waals surface area (Å²) in [5.74, 6) is 0.568. The fourth-order valence-corrected chi connectivity index (χ4v) is 3.77. The number of nitrogens with zero attached hydrogens (tertiary/aromatic N) is 4. The lowest BCUT2D eigenvalue weighted by molar-refractivity contribution is 0.0687. The lowest BCUT2D eigenvalue weighted by Gasteiger charge is -2.27. The first-order chi connectivity index (χ1) is 13.2. The highest BCUT2D eigenvalue weighted by Crippen LogP contribution is 2.21. The third-order valence-corrected chi connectivity index (χ3v) is 5.23. The Morgan fingerprint density at radius 3 is 3.07 bits per heavy atom. The third kappa shape index (κ3) is 4.78. The number of hydrogen-bond donors (Lipinski definition) is 2. The Morgan fingerprint density at radius 1 is 1.52 bits per heavy atom. The van der Waals surface area contributed by atoms with Crippen molar-refractivity contribution in [2.45, 2.75) is 25.8 Å². The first kappa shape index (κ1) is 19.2. The molecule has 0 aliphatic carbocycles. The van der Waals surface area contributed by atoms with Gasteiger partial charge in [-0.25, -0.2) is 15.0 Å². The monoisotopic (exact) mass is 384 g/mol. The predicted molar refractivity (Wildman–Crippen MR) is 109 cm³/mol. The van der Waals surface area contributed by atoms with E-state index in [0.717, 1.165) is 32.5 Å². The van der Waals surface area contributed by atoms with Crippen molar-refractivity contribution in [3.05, 3.63) is 46.7 Å². The minimum atomic E-state index is -0.0221. The zero-order valence-electron chi connectivity index (χ0n) is 15.3. The molecule has 1 fully saturated rings. The number of nitrogens with two attached hydrogens (primary N) is 1. The summed E-state index contributed by atoms with van der Waals surface area (Å²) in [6.45, 7) is 4.61. The highest BCUT2D eigenvalue weighted by atomic mass is 32.1. The first-order valence-electron chi connectivity index (χ1n) is 9.07. The number of allylic oxidation sites excluding steroid dienone is 1. The number of carbonyl (C=O) groups is 1. The number of aliphatic imine (C=N–C) groups is 1. The smallest absolute Gasteiger partial charge is 0.273 e. The van der Waals surface area contributed by atoms with E-state index in [0.29, 0.717) is 22.1 Å². The molecular weight excluding hydrogens is 360 g/mol. The van der Waals surface area contributed by atoms with Crippen molar-refractivity contribution in [2.75, 3.05) is 19.6 Å². The Labute approximate surface area is 163 Å². The van der Waals surface area contributed by atoms with Crippen molar-refractivity contribution >= 4 is 34.8 Å². The van der Waals surface area contributed by atoms with E-state index >= 15 is 0 Å². The van der Waals surface area contributed by atoms with Crippen LogP contribution in [0.5, 0.6) is 0 Å². The first-order valence-corrected chi connectivity index (χ1v) is 9.95. The molecule has 0 unspecified atom stereocenters. The maximum atomic E-state index is 13.0. The summed E-state index contributed by atoms with van der Waals surface area (Å²) in [5.41, 5.74) is 6.87. The fourth-order valence-electron chi connectivity index (χ4n) is 2.98. The molecule has 3 N–H and O–H groups in total. The number of nitrogens with one attached hydrogen (secondary N) is 1. The van der Waals surface area contributed by atoms with E-state index in [1.54, 1.807) is 23.9 Å². The molecule has 3 rings (SSSR count). The molecule has 8 heteroatoms. The molecule has 1 aliphatic rings. The normalized spacial score (nSPS) is 17.5. The minimum absolute atomic E-state index is 0.0221. The van der Waals surface area contributed by atoms with E-state index in [4.69, 9.17) is 5.73 Å². The van der Waals surface area contributed by atoms with Gasteiger partial charge < -0.3 is 16.0 Å². The van der Waals surface area contributed by atoms with Gasteiger partial charge in [0.05, 0.1) is 0 Å². The maximum absolute atomic E-state index is 13.0. The van der Waals surface area contributed by atoms with E-state index in [-0.39, 0.29) is 11.9 Å². The zero-order chi connectivity index (χ0) is 19.1. The standard InChI is InChI=1S/C19H24N6OS/c1-2-9-25(15-6-8-21-12-15)19(26)16-13-27-18(24-16)14(10-20)11-23-17-5-3-4-7-22-17/h3-5,7,10-11,13,15,21H,2,6,8-9,12,20H2,1H3/b14-10+,23-11+/t15-/m0/s1. The lowest BCUT2D eigenvalue weighted by Crippen LogP contribution is -2.42. The van der Waals surface area contributed by atoms with Crippen LogP contribution in [-0.2, 0) is 0 Å². The summed E-state index contributed by atoms with van der Waals surface area (Å²) in [6.07, 6.45) is 6.65. The van der Waals surface area contributed by atoms with Gasteiger partial charge in [0, 0.05) is 48.7 Å². The summed E-state index contributed by atoms with van der Waals surface area (Å²) in [7, 11) is 0. The van der Waals surface area contributed by atoms with Crippen molar-refractivity contribution in [3.8, 4) is 0 Å². The molecule has 0 aromatic carbocycles. The van der Waals surface area contributed by atoms with Crippen molar-refractivity contribution in [1.82, 2.24) is 20.2 Å². The Morgan fingerprint density at radius 2 is 2.41 bits per heavy atom. The molecule has 0 radical (unpaired) electrons. The Balaban J connectivity index is 1.75. The average Bonchev–Trinajstić information content (AvgIpc) is 3.39. The van der Waals surface area contributed by atoms with Gasteiger partial charge in [0.1, 0.15) is 10.7 Å². The van der Waals surface area contributed by atoms with Crippen molar-refractivity contribution in [3.63, 3.8) is 0 Å². The van der Waals surface area contributed by atoms with Gasteiger partial charge in [0.25, 0.3) is 5.91 Å². The molecular formula is C19H24N6OS. The molecule has 7 nitrogen and oxygen atoms in total. The molecule has 27 heavy (non-hydrogen) atoms. The van der Waals surface area contributed by atoms with Crippen LogP contribution in [0.15, 0.2) is 41.0 Å². The fraction of sp³-hybridized carbons (Fsp3) is 0.368. The van der Waals surface area contributed by atoms with Crippen LogP contribution in [0, 0.1) is 0 Å². The summed E-state index contributed by atoms with van der Waals surface area (Å²) in [5, 5.41) is 5.78. The number of thiazole rings is 1. The van der Waals surface area contributed by atoms with Gasteiger partial charge in [-0.3, -0.25) is 4.79 Å². The largest absolute Gasteiger partial charge is 0.404 e. The van der Waals surface area contributed by atoms with Crippen molar-refractivity contribution in [1.29, 1.82) is 0 Å². The van der Waals surface area contributed by atoms with Crippen LogP contribution in [0.3, 0.4) is 0 Å². The van der Waals surface area contributed by atoms with E-state index < -0.39 is 0 Å². The number of carbonyl (C=O) groups excluding carboxylic acids is 1. The molecule has 142 valence electrons. The number of amides is 1. The summed E-state index contributed by atoms with van der Waals surface area (Å²) < 4.78 is 0. The van der Waals surface area contributed by atoms with Crippen molar-refractivity contribution < 1.29 is 4.79 Å². The average molecular weight is 385 g/mol. The highest BCUT2D eigenvalue weighted by Gasteiger charge is 2.28. The minimum Gasteiger partial charge on any atom is -0.404 e. The lowest BCUT2D eigenvalue weighted by atomic mass is 10.2. The van der Waals surface area contributed by atoms with Gasteiger partial charge in [0.2, 0.25) is 0 Å². The topological polar surface area (TPSA) is 96.5 Å². The van der Waals surface area contributed by atoms with E-state index in [2.05, 4.69) is 27.2 Å². The number of rotatable bonds is 7. The Bertz CT molecular complexity index is 811. The van der Waals surface area contributed by atoms with Crippen LogP contribution in [0.4, 0.5) is 5.82 Å². The second-order valence-corrected chi connectivity index (χ2v) is 7.11. The summed E-state index contributed by atoms with van der Waals surface area (Å²) in [6, 6.07) is 5.74. The highest BCUT2D eigenvalue weighted by molar-refractivity contribution is 7.11. The Hall–Kier alpha value is -2.58. The van der Waals surface area contributed by atoms with E-state index in [9.17, 15) is 4.79 Å². The molecule has 1 aliphatic heterocycles. The summed E-state index contributed by atoms with van der Waals surface area (Å²) in [4.78, 5) is 27.9. The van der Waals surface area contributed by atoms with Gasteiger partial charge in [-0.2, -0.15) is 0 Å². The predicted octanol–water partition coefficient (Wildman–Crippen LogP) is 2.45. The zero-order valence-corrected chi connectivity index (χ0v) is 16.2. The Kier molecular flexibility index (Phi) is 6.67. The summed E-state index contributed by atoms with van der Waals surface area (Å²) >= 11 is 1.39. The molecule has 1 atom stereocenters. The van der Waals surface area contributed by atoms with Gasteiger partial charge in [-0.1, -0.05) is 13.0 Å². The molecule has 0 bridgehead atoms. The second kappa shape index (κ2) is 9.38. The van der Waals surface area contributed by atoms with Crippen LogP contribution < -0.4 is 11.1 Å². The van der Waals surface area contributed by atoms with Gasteiger partial charge in [-0.15, -0.1) is 11.3 Å². The van der Waals surface area contributed by atoms with Crippen LogP contribution in [-0.4, -0.2) is 52.7 Å². The van der Waals surface area contributed by atoms with E-state index in [1.165, 1.54) is 17.5 Å². The molecule has 3 heterocycles. The third-order valence-electron chi connectivity index (χ3n) is 4.34. The molecule has 2 aromatic rings. The van der Waals surface area contributed by atoms with Crippen LogP contribution in [0.25, 0.3) is 5.57 Å². The molecule has 0 saturated carbocycles. The number of aromatic nitrogens is 2.